The van der Waals surface area contributed by atoms with Crippen molar-refractivity contribution in [1.82, 2.24) is 3.53 Å². The molecule has 2 heteroatoms. The summed E-state index contributed by atoms with van der Waals surface area (Å²) in [5.74, 6) is 0. The molecular formula is C12H14IN. The number of hydrogen-bond acceptors (Lipinski definition) is 1. The van der Waals surface area contributed by atoms with Gasteiger partial charge < -0.3 is 3.53 Å². The molecule has 1 N–H and O–H groups in total. The number of nitrogens with one attached hydrogen (secondary N) is 1. The van der Waals surface area contributed by atoms with Gasteiger partial charge in [0.15, 0.2) is 0 Å². The zero-order valence-corrected chi connectivity index (χ0v) is 10.4. The maximum atomic E-state index is 3.09. The van der Waals surface area contributed by atoms with Crippen LogP contribution >= 0.6 is 22.9 Å². The first-order valence-electron chi connectivity index (χ1n) is 4.57. The van der Waals surface area contributed by atoms with Crippen molar-refractivity contribution < 1.29 is 0 Å². The van der Waals surface area contributed by atoms with Crippen molar-refractivity contribution in [3.05, 3.63) is 59.9 Å². The predicted molar refractivity (Wildman–Crippen MR) is 71.0 cm³/mol. The third-order valence-corrected chi connectivity index (χ3v) is 2.46. The third kappa shape index (κ3) is 4.46. The molecule has 0 aromatic heterocycles. The Kier molecular flexibility index (Phi) is 5.37. The predicted octanol–water partition coefficient (Wildman–Crippen LogP) is 3.83. The van der Waals surface area contributed by atoms with Crippen LogP contribution in [0.2, 0.25) is 0 Å². The van der Waals surface area contributed by atoms with E-state index in [-0.39, 0.29) is 0 Å². The second-order valence-corrected chi connectivity index (χ2v) is 3.65. The molecule has 0 saturated heterocycles. The van der Waals surface area contributed by atoms with Crippen LogP contribution in [0.5, 0.6) is 0 Å². The molecule has 0 aromatic carbocycles. The van der Waals surface area contributed by atoms with Crippen LogP contribution in [0, 0.1) is 0 Å². The van der Waals surface area contributed by atoms with E-state index in [4.69, 9.17) is 0 Å². The van der Waals surface area contributed by atoms with Gasteiger partial charge in [-0.05, 0) is 25.5 Å². The molecule has 0 fully saturated rings. The summed E-state index contributed by atoms with van der Waals surface area (Å²) in [5.41, 5.74) is 2.47. The fraction of sp³-hybridized carbons (Fsp3) is 0.167. The minimum Gasteiger partial charge on any atom is -0.328 e. The molecule has 74 valence electrons. The van der Waals surface area contributed by atoms with Gasteiger partial charge in [0.1, 0.15) is 0 Å². The van der Waals surface area contributed by atoms with E-state index in [1.165, 1.54) is 5.57 Å². The van der Waals surface area contributed by atoms with Crippen molar-refractivity contribution in [3.8, 4) is 0 Å². The fourth-order valence-corrected chi connectivity index (χ4v) is 1.42. The van der Waals surface area contributed by atoms with Gasteiger partial charge >= 0.3 is 0 Å². The van der Waals surface area contributed by atoms with E-state index >= 15 is 0 Å². The lowest BCUT2D eigenvalue weighted by Gasteiger charge is -1.94. The molecule has 0 bridgehead atoms. The molecule has 0 heterocycles. The average molecular weight is 299 g/mol. The summed E-state index contributed by atoms with van der Waals surface area (Å²) >= 11 is 2.13. The van der Waals surface area contributed by atoms with Crippen LogP contribution in [0.3, 0.4) is 0 Å². The Bertz CT molecular complexity index is 319. The Balaban J connectivity index is 2.82. The summed E-state index contributed by atoms with van der Waals surface area (Å²) in [6, 6.07) is 0. The Morgan fingerprint density at radius 3 is 2.79 bits per heavy atom. The number of hydrogen-bond donors (Lipinski definition) is 1. The lowest BCUT2D eigenvalue weighted by Crippen LogP contribution is -1.92. The first-order chi connectivity index (χ1) is 6.83. The third-order valence-electron chi connectivity index (χ3n) is 1.84. The molecule has 0 radical (unpaired) electrons. The highest BCUT2D eigenvalue weighted by atomic mass is 127. The first-order valence-corrected chi connectivity index (χ1v) is 5.65. The van der Waals surface area contributed by atoms with Crippen molar-refractivity contribution in [1.29, 1.82) is 0 Å². The summed E-state index contributed by atoms with van der Waals surface area (Å²) in [6.45, 7) is 2.14. The van der Waals surface area contributed by atoms with E-state index in [0.717, 1.165) is 12.1 Å². The van der Waals surface area contributed by atoms with E-state index in [1.54, 1.807) is 0 Å². The number of allylic oxidation sites excluding steroid dienone is 9. The highest BCUT2D eigenvalue weighted by Crippen LogP contribution is 2.04. The Hall–Kier alpha value is -0.770. The van der Waals surface area contributed by atoms with Crippen LogP contribution in [0.4, 0.5) is 0 Å². The van der Waals surface area contributed by atoms with Gasteiger partial charge in [-0.15, -0.1) is 0 Å². The maximum Gasteiger partial charge on any atom is 0.0560 e. The molecule has 0 unspecified atom stereocenters. The topological polar surface area (TPSA) is 12.0 Å². The van der Waals surface area contributed by atoms with E-state index in [9.17, 15) is 0 Å². The molecule has 1 rings (SSSR count). The van der Waals surface area contributed by atoms with Gasteiger partial charge in [0.05, 0.1) is 22.9 Å². The summed E-state index contributed by atoms with van der Waals surface area (Å²) in [7, 11) is 0. The summed E-state index contributed by atoms with van der Waals surface area (Å²) in [5, 5.41) is 0. The molecular weight excluding hydrogens is 285 g/mol. The fourth-order valence-electron chi connectivity index (χ4n) is 1.06. The molecule has 1 aliphatic rings. The smallest absolute Gasteiger partial charge is 0.0560 e. The van der Waals surface area contributed by atoms with Crippen molar-refractivity contribution in [2.45, 2.75) is 13.3 Å². The highest BCUT2D eigenvalue weighted by molar-refractivity contribution is 14.1. The largest absolute Gasteiger partial charge is 0.328 e. The zero-order valence-electron chi connectivity index (χ0n) is 8.20. The first kappa shape index (κ1) is 11.3. The van der Waals surface area contributed by atoms with Gasteiger partial charge in [-0.25, -0.2) is 0 Å². The van der Waals surface area contributed by atoms with E-state index in [1.807, 2.05) is 18.2 Å². The van der Waals surface area contributed by atoms with Gasteiger partial charge in [-0.2, -0.15) is 0 Å². The van der Waals surface area contributed by atoms with Crippen LogP contribution in [0.25, 0.3) is 0 Å². The summed E-state index contributed by atoms with van der Waals surface area (Å²) in [6.07, 6.45) is 17.6. The van der Waals surface area contributed by atoms with Gasteiger partial charge in [0.25, 0.3) is 0 Å². The molecule has 1 nitrogen and oxygen atoms in total. The lowest BCUT2D eigenvalue weighted by atomic mass is 10.2. The monoisotopic (exact) mass is 299 g/mol. The van der Waals surface area contributed by atoms with Gasteiger partial charge in [0.2, 0.25) is 0 Å². The minimum atomic E-state index is 1.01. The second kappa shape index (κ2) is 6.65. The second-order valence-electron chi connectivity index (χ2n) is 3.11. The zero-order chi connectivity index (χ0) is 10.2. The van der Waals surface area contributed by atoms with Crippen LogP contribution < -0.4 is 3.53 Å². The molecule has 0 atom stereocenters. The molecule has 0 amide bonds. The Morgan fingerprint density at radius 1 is 1.14 bits per heavy atom. The van der Waals surface area contributed by atoms with Crippen molar-refractivity contribution in [3.63, 3.8) is 0 Å². The minimum absolute atomic E-state index is 1.01. The Morgan fingerprint density at radius 2 is 2.00 bits per heavy atom. The maximum absolute atomic E-state index is 3.09. The van der Waals surface area contributed by atoms with Crippen LogP contribution in [-0.4, -0.2) is 0 Å². The van der Waals surface area contributed by atoms with E-state index in [2.05, 4.69) is 63.7 Å². The van der Waals surface area contributed by atoms with Crippen LogP contribution in [0.15, 0.2) is 59.9 Å². The molecule has 14 heavy (non-hydrogen) atoms. The van der Waals surface area contributed by atoms with Gasteiger partial charge in [-0.1, -0.05) is 42.0 Å². The normalized spacial score (nSPS) is 31.3. The lowest BCUT2D eigenvalue weighted by molar-refractivity contribution is 1.21. The molecule has 1 aliphatic carbocycles. The van der Waals surface area contributed by atoms with E-state index in [0.29, 0.717) is 0 Å². The highest BCUT2D eigenvalue weighted by Gasteiger charge is 1.86. The molecule has 0 aliphatic heterocycles. The van der Waals surface area contributed by atoms with E-state index < -0.39 is 0 Å². The molecule has 0 saturated carbocycles. The van der Waals surface area contributed by atoms with Crippen molar-refractivity contribution >= 4 is 22.9 Å². The van der Waals surface area contributed by atoms with Crippen LogP contribution in [-0.2, 0) is 0 Å². The quantitative estimate of drug-likeness (QED) is 0.573. The van der Waals surface area contributed by atoms with Gasteiger partial charge in [-0.3, -0.25) is 0 Å². The number of rotatable bonds is 1. The standard InChI is InChI=1S/C12H14IN/c1-11-7-3-2-4-9-12(14-13)10-6-5-8-11/h2-7,9-10,14H,8H2,1H3/b3-2-,6-5-,9-4-,11-7-,12-10+. The molecule has 0 aromatic rings. The van der Waals surface area contributed by atoms with Gasteiger partial charge in [0, 0.05) is 5.70 Å². The van der Waals surface area contributed by atoms with Crippen LogP contribution in [0.1, 0.15) is 13.3 Å². The summed E-state index contributed by atoms with van der Waals surface area (Å²) in [4.78, 5) is 0. The number of halogens is 1. The average Bonchev–Trinajstić information content (AvgIpc) is 2.23. The summed E-state index contributed by atoms with van der Waals surface area (Å²) < 4.78 is 3.09. The molecule has 0 spiro atoms. The van der Waals surface area contributed by atoms with Crippen molar-refractivity contribution in [2.75, 3.05) is 0 Å². The SMILES string of the molecule is C/C1=C/C=C\C=C/C(NI)=C\C=C/C1. The Labute approximate surface area is 99.5 Å². The van der Waals surface area contributed by atoms with Crippen molar-refractivity contribution in [2.24, 2.45) is 0 Å².